The molecule has 1 amide bonds. The van der Waals surface area contributed by atoms with Gasteiger partial charge in [-0.05, 0) is 53.1 Å². The van der Waals surface area contributed by atoms with E-state index in [0.29, 0.717) is 16.7 Å². The van der Waals surface area contributed by atoms with Crippen LogP contribution in [0.5, 0.6) is 0 Å². The Bertz CT molecular complexity index is 475. The molecule has 6 heteroatoms. The summed E-state index contributed by atoms with van der Waals surface area (Å²) in [6.07, 6.45) is 4.76. The first-order valence-corrected chi connectivity index (χ1v) is 7.48. The van der Waals surface area contributed by atoms with E-state index in [9.17, 15) is 4.79 Å². The number of hydrogen-bond acceptors (Lipinski definition) is 2. The summed E-state index contributed by atoms with van der Waals surface area (Å²) >= 11 is 8.48. The van der Waals surface area contributed by atoms with Crippen molar-refractivity contribution in [3.63, 3.8) is 0 Å². The number of hydrogen-bond donors (Lipinski definition) is 3. The number of thiocarbonyl (C=S) groups is 1. The van der Waals surface area contributed by atoms with Crippen molar-refractivity contribution in [2.45, 2.75) is 31.7 Å². The summed E-state index contributed by atoms with van der Waals surface area (Å²) in [4.78, 5) is 11.9. The fourth-order valence-corrected chi connectivity index (χ4v) is 2.80. The molecule has 0 radical (unpaired) electrons. The van der Waals surface area contributed by atoms with Gasteiger partial charge in [-0.2, -0.15) is 0 Å². The van der Waals surface area contributed by atoms with Crippen molar-refractivity contribution in [3.8, 4) is 0 Å². The first-order valence-electron chi connectivity index (χ1n) is 6.28. The average molecular weight is 342 g/mol. The Morgan fingerprint density at radius 3 is 2.58 bits per heavy atom. The fourth-order valence-electron chi connectivity index (χ4n) is 2.12. The van der Waals surface area contributed by atoms with Gasteiger partial charge in [0.25, 0.3) is 5.91 Å². The number of rotatable bonds is 2. The number of carbonyl (C=O) groups is 1. The summed E-state index contributed by atoms with van der Waals surface area (Å²) in [5, 5.41) is 3.66. The van der Waals surface area contributed by atoms with Crippen molar-refractivity contribution >= 4 is 39.2 Å². The van der Waals surface area contributed by atoms with Crippen LogP contribution < -0.4 is 16.2 Å². The quantitative estimate of drug-likeness (QED) is 0.571. The summed E-state index contributed by atoms with van der Waals surface area (Å²) < 4.78 is 0.754. The third-order valence-corrected chi connectivity index (χ3v) is 4.01. The van der Waals surface area contributed by atoms with E-state index in [1.807, 2.05) is 18.2 Å². The Hall–Kier alpha value is -1.14. The second-order valence-electron chi connectivity index (χ2n) is 4.51. The molecule has 4 nitrogen and oxygen atoms in total. The molecule has 0 unspecified atom stereocenters. The zero-order valence-corrected chi connectivity index (χ0v) is 12.8. The second-order valence-corrected chi connectivity index (χ2v) is 5.78. The number of carbonyl (C=O) groups excluding carboxylic acids is 1. The van der Waals surface area contributed by atoms with Gasteiger partial charge in [0.2, 0.25) is 0 Å². The van der Waals surface area contributed by atoms with Crippen LogP contribution in [0.25, 0.3) is 0 Å². The zero-order chi connectivity index (χ0) is 13.7. The van der Waals surface area contributed by atoms with Crippen LogP contribution >= 0.6 is 28.1 Å². The molecule has 0 aromatic heterocycles. The van der Waals surface area contributed by atoms with Crippen molar-refractivity contribution in [2.75, 3.05) is 0 Å². The molecular weight excluding hydrogens is 326 g/mol. The topological polar surface area (TPSA) is 53.2 Å². The molecule has 1 fully saturated rings. The van der Waals surface area contributed by atoms with Crippen molar-refractivity contribution < 1.29 is 4.79 Å². The maximum Gasteiger partial charge on any atom is 0.270 e. The van der Waals surface area contributed by atoms with Gasteiger partial charge < -0.3 is 5.32 Å². The van der Waals surface area contributed by atoms with Crippen molar-refractivity contribution in [2.24, 2.45) is 0 Å². The molecule has 1 aromatic rings. The second kappa shape index (κ2) is 6.86. The maximum absolute atomic E-state index is 11.9. The Morgan fingerprint density at radius 1 is 1.21 bits per heavy atom. The molecule has 2 rings (SSSR count). The SMILES string of the molecule is O=C(NNC(=S)NC1CCCC1)c1ccccc1Br. The highest BCUT2D eigenvalue weighted by Gasteiger charge is 2.16. The van der Waals surface area contributed by atoms with Crippen LogP contribution in [0.1, 0.15) is 36.0 Å². The first-order chi connectivity index (χ1) is 9.16. The first kappa shape index (κ1) is 14.3. The normalized spacial score (nSPS) is 15.0. The molecule has 1 saturated carbocycles. The lowest BCUT2D eigenvalue weighted by Crippen LogP contribution is -2.49. The average Bonchev–Trinajstić information content (AvgIpc) is 2.89. The van der Waals surface area contributed by atoms with Crippen LogP contribution in [-0.4, -0.2) is 17.1 Å². The van der Waals surface area contributed by atoms with Crippen LogP contribution in [0.3, 0.4) is 0 Å². The lowest BCUT2D eigenvalue weighted by molar-refractivity contribution is 0.0943. The van der Waals surface area contributed by atoms with Crippen molar-refractivity contribution in [1.29, 1.82) is 0 Å². The van der Waals surface area contributed by atoms with Gasteiger partial charge in [0.1, 0.15) is 0 Å². The zero-order valence-electron chi connectivity index (χ0n) is 10.4. The van der Waals surface area contributed by atoms with Gasteiger partial charge in [-0.3, -0.25) is 15.6 Å². The highest BCUT2D eigenvalue weighted by molar-refractivity contribution is 9.10. The van der Waals surface area contributed by atoms with Gasteiger partial charge in [-0.25, -0.2) is 0 Å². The highest BCUT2D eigenvalue weighted by Crippen LogP contribution is 2.17. The third-order valence-electron chi connectivity index (χ3n) is 3.10. The minimum absolute atomic E-state index is 0.219. The molecule has 1 aliphatic rings. The minimum Gasteiger partial charge on any atom is -0.359 e. The Balaban J connectivity index is 1.80. The van der Waals surface area contributed by atoms with Gasteiger partial charge in [-0.15, -0.1) is 0 Å². The molecule has 0 bridgehead atoms. The van der Waals surface area contributed by atoms with E-state index in [4.69, 9.17) is 12.2 Å². The standard InChI is InChI=1S/C13H16BrN3OS/c14-11-8-4-3-7-10(11)12(18)16-17-13(19)15-9-5-1-2-6-9/h3-4,7-9H,1-2,5-6H2,(H,16,18)(H2,15,17,19). The molecule has 3 N–H and O–H groups in total. The molecule has 0 aliphatic heterocycles. The van der Waals surface area contributed by atoms with Gasteiger partial charge in [0, 0.05) is 10.5 Å². The van der Waals surface area contributed by atoms with Crippen molar-refractivity contribution in [3.05, 3.63) is 34.3 Å². The molecule has 102 valence electrons. The molecule has 19 heavy (non-hydrogen) atoms. The summed E-state index contributed by atoms with van der Waals surface area (Å²) in [6, 6.07) is 7.67. The molecule has 1 aliphatic carbocycles. The number of halogens is 1. The maximum atomic E-state index is 11.9. The van der Waals surface area contributed by atoms with Crippen LogP contribution in [-0.2, 0) is 0 Å². The summed E-state index contributed by atoms with van der Waals surface area (Å²) in [5.41, 5.74) is 5.89. The van der Waals surface area contributed by atoms with Crippen LogP contribution in [0, 0.1) is 0 Å². The third kappa shape index (κ3) is 4.18. The van der Waals surface area contributed by atoms with Gasteiger partial charge >= 0.3 is 0 Å². The Kier molecular flexibility index (Phi) is 5.15. The summed E-state index contributed by atoms with van der Waals surface area (Å²) in [5.74, 6) is -0.219. The largest absolute Gasteiger partial charge is 0.359 e. The monoisotopic (exact) mass is 341 g/mol. The number of nitrogens with one attached hydrogen (secondary N) is 3. The molecule has 0 atom stereocenters. The molecule has 0 heterocycles. The lowest BCUT2D eigenvalue weighted by atomic mass is 10.2. The number of amides is 1. The Morgan fingerprint density at radius 2 is 1.89 bits per heavy atom. The summed E-state index contributed by atoms with van der Waals surface area (Å²) in [7, 11) is 0. The van der Waals surface area contributed by atoms with Gasteiger partial charge in [0.05, 0.1) is 5.56 Å². The Labute approximate surface area is 126 Å². The van der Waals surface area contributed by atoms with Crippen molar-refractivity contribution in [1.82, 2.24) is 16.2 Å². The van der Waals surface area contributed by atoms with Crippen LogP contribution in [0.2, 0.25) is 0 Å². The molecule has 0 spiro atoms. The van der Waals surface area contributed by atoms with E-state index in [2.05, 4.69) is 32.1 Å². The lowest BCUT2D eigenvalue weighted by Gasteiger charge is -2.16. The molecule has 0 saturated heterocycles. The fraction of sp³-hybridized carbons (Fsp3) is 0.385. The van der Waals surface area contributed by atoms with Gasteiger partial charge in [-0.1, -0.05) is 25.0 Å². The smallest absolute Gasteiger partial charge is 0.270 e. The number of benzene rings is 1. The van der Waals surface area contributed by atoms with Crippen LogP contribution in [0.4, 0.5) is 0 Å². The van der Waals surface area contributed by atoms with E-state index >= 15 is 0 Å². The van der Waals surface area contributed by atoms with E-state index < -0.39 is 0 Å². The molecular formula is C13H16BrN3OS. The molecule has 1 aromatic carbocycles. The van der Waals surface area contributed by atoms with Crippen LogP contribution in [0.15, 0.2) is 28.7 Å². The highest BCUT2D eigenvalue weighted by atomic mass is 79.9. The minimum atomic E-state index is -0.219. The van der Waals surface area contributed by atoms with Gasteiger partial charge in [0.15, 0.2) is 5.11 Å². The summed E-state index contributed by atoms with van der Waals surface area (Å²) in [6.45, 7) is 0. The van der Waals surface area contributed by atoms with E-state index in [1.165, 1.54) is 12.8 Å². The van der Waals surface area contributed by atoms with E-state index in [1.54, 1.807) is 6.07 Å². The predicted octanol–water partition coefficient (Wildman–Crippen LogP) is 2.50. The number of hydrazine groups is 1. The predicted molar refractivity (Wildman–Crippen MR) is 82.7 cm³/mol. The van der Waals surface area contributed by atoms with E-state index in [0.717, 1.165) is 17.3 Å². The van der Waals surface area contributed by atoms with E-state index in [-0.39, 0.29) is 5.91 Å².